The molecule has 2 heterocycles. The first-order valence-electron chi connectivity index (χ1n) is 21.5. The van der Waals surface area contributed by atoms with Gasteiger partial charge in [0.25, 0.3) is 0 Å². The third-order valence-electron chi connectivity index (χ3n) is 13.0. The van der Waals surface area contributed by atoms with Crippen LogP contribution in [-0.2, 0) is 6.42 Å². The number of aromatic nitrogens is 3. The highest BCUT2D eigenvalue weighted by Gasteiger charge is 2.20. The van der Waals surface area contributed by atoms with E-state index in [0.717, 1.165) is 51.5 Å². The highest BCUT2D eigenvalue weighted by atomic mass is 15.0. The van der Waals surface area contributed by atoms with Crippen molar-refractivity contribution < 1.29 is 0 Å². The zero-order valence-corrected chi connectivity index (χ0v) is 35.7. The number of para-hydroxylation sites is 1. The third-order valence-corrected chi connectivity index (χ3v) is 13.0. The molecule has 0 unspecified atom stereocenters. The maximum atomic E-state index is 5.50. The first kappa shape index (κ1) is 36.9. The van der Waals surface area contributed by atoms with E-state index in [1.807, 2.05) is 6.20 Å². The van der Waals surface area contributed by atoms with Crippen LogP contribution >= 0.6 is 0 Å². The molecule has 0 saturated carbocycles. The molecule has 2 aromatic heterocycles. The van der Waals surface area contributed by atoms with Crippen molar-refractivity contribution in [3.63, 3.8) is 0 Å². The number of fused-ring (bicyclic) bond motifs is 9. The van der Waals surface area contributed by atoms with Gasteiger partial charge in [0.05, 0.1) is 28.4 Å². The Bertz CT molecular complexity index is 3430. The van der Waals surface area contributed by atoms with Crippen molar-refractivity contribution in [3.8, 4) is 50.3 Å². The van der Waals surface area contributed by atoms with Gasteiger partial charge in [0.15, 0.2) is 0 Å². The molecule has 0 aliphatic heterocycles. The molecule has 0 bridgehead atoms. The Morgan fingerprint density at radius 2 is 1.05 bits per heavy atom. The maximum absolute atomic E-state index is 5.50. The van der Waals surface area contributed by atoms with Crippen LogP contribution in [0.2, 0.25) is 0 Å². The summed E-state index contributed by atoms with van der Waals surface area (Å²) in [5.74, 6) is 0. The van der Waals surface area contributed by atoms with E-state index in [2.05, 4.69) is 192 Å². The van der Waals surface area contributed by atoms with Gasteiger partial charge in [-0.1, -0.05) is 114 Å². The van der Waals surface area contributed by atoms with E-state index in [4.69, 9.17) is 9.97 Å². The predicted octanol–water partition coefficient (Wildman–Crippen LogP) is 15.4. The van der Waals surface area contributed by atoms with Crippen LogP contribution in [0.5, 0.6) is 0 Å². The van der Waals surface area contributed by atoms with E-state index in [-0.39, 0.29) is 0 Å². The molecule has 3 heteroatoms. The van der Waals surface area contributed by atoms with Crippen LogP contribution in [0.4, 0.5) is 0 Å². The summed E-state index contributed by atoms with van der Waals surface area (Å²) in [6.45, 7) is 13.3. The molecule has 1 aliphatic carbocycles. The predicted molar refractivity (Wildman–Crippen MR) is 259 cm³/mol. The molecule has 0 atom stereocenters. The number of nitrogens with zero attached hydrogens (tertiary/aromatic N) is 3. The van der Waals surface area contributed by atoms with Gasteiger partial charge in [0, 0.05) is 38.7 Å². The zero-order valence-electron chi connectivity index (χ0n) is 35.7. The Hall–Kier alpha value is -7.10. The van der Waals surface area contributed by atoms with Crippen LogP contribution < -0.4 is 0 Å². The molecule has 61 heavy (non-hydrogen) atoms. The second-order valence-corrected chi connectivity index (χ2v) is 17.3. The molecule has 10 aromatic rings. The molecular weight excluding hydrogens is 739 g/mol. The minimum absolute atomic E-state index is 0.864. The van der Waals surface area contributed by atoms with Crippen LogP contribution in [0.1, 0.15) is 51.1 Å². The lowest BCUT2D eigenvalue weighted by Crippen LogP contribution is -2.02. The highest BCUT2D eigenvalue weighted by Crippen LogP contribution is 2.42. The van der Waals surface area contributed by atoms with Gasteiger partial charge < -0.3 is 4.57 Å². The molecule has 0 radical (unpaired) electrons. The molecule has 0 N–H and O–H groups in total. The Morgan fingerprint density at radius 1 is 0.475 bits per heavy atom. The fourth-order valence-corrected chi connectivity index (χ4v) is 10.6. The number of rotatable bonds is 5. The van der Waals surface area contributed by atoms with Gasteiger partial charge in [-0.15, -0.1) is 0 Å². The molecule has 11 rings (SSSR count). The van der Waals surface area contributed by atoms with E-state index >= 15 is 0 Å². The van der Waals surface area contributed by atoms with Crippen LogP contribution in [0.25, 0.3) is 99.9 Å². The Kier molecular flexibility index (Phi) is 8.65. The summed E-state index contributed by atoms with van der Waals surface area (Å²) >= 11 is 0. The first-order valence-corrected chi connectivity index (χ1v) is 21.5. The fraction of sp³-hybridized carbons (Fsp3) is 0.138. The average molecular weight is 786 g/mol. The summed E-state index contributed by atoms with van der Waals surface area (Å²) in [6, 6.07) is 49.5. The Labute approximate surface area is 357 Å². The van der Waals surface area contributed by atoms with Crippen molar-refractivity contribution >= 4 is 49.6 Å². The number of hydrogen-bond acceptors (Lipinski definition) is 2. The van der Waals surface area contributed by atoms with Gasteiger partial charge in [-0.2, -0.15) is 0 Å². The van der Waals surface area contributed by atoms with Crippen molar-refractivity contribution in [2.45, 2.75) is 54.4 Å². The number of benzene rings is 8. The van der Waals surface area contributed by atoms with E-state index in [0.29, 0.717) is 0 Å². The second-order valence-electron chi connectivity index (χ2n) is 17.3. The smallest absolute Gasteiger partial charge is 0.0979 e. The minimum atomic E-state index is 0.864. The van der Waals surface area contributed by atoms with E-state index < -0.39 is 0 Å². The summed E-state index contributed by atoms with van der Waals surface area (Å²) in [7, 11) is 0. The van der Waals surface area contributed by atoms with Crippen molar-refractivity contribution in [1.82, 2.24) is 14.5 Å². The molecular formula is C58H47N3. The van der Waals surface area contributed by atoms with Crippen LogP contribution in [0, 0.1) is 41.5 Å². The van der Waals surface area contributed by atoms with Crippen molar-refractivity contribution in [1.29, 1.82) is 0 Å². The topological polar surface area (TPSA) is 30.7 Å². The highest BCUT2D eigenvalue weighted by molar-refractivity contribution is 6.24. The van der Waals surface area contributed by atoms with Gasteiger partial charge in [-0.25, -0.2) is 4.98 Å². The Balaban J connectivity index is 1.08. The molecule has 0 saturated heterocycles. The van der Waals surface area contributed by atoms with Gasteiger partial charge in [0.2, 0.25) is 0 Å². The van der Waals surface area contributed by atoms with Gasteiger partial charge >= 0.3 is 0 Å². The molecule has 1 aliphatic rings. The van der Waals surface area contributed by atoms with Crippen molar-refractivity contribution in [2.75, 3.05) is 0 Å². The van der Waals surface area contributed by atoms with E-state index in [1.54, 1.807) is 0 Å². The van der Waals surface area contributed by atoms with E-state index in [1.165, 1.54) is 99.8 Å². The minimum Gasteiger partial charge on any atom is -0.313 e. The average Bonchev–Trinajstić information content (AvgIpc) is 3.59. The van der Waals surface area contributed by atoms with Crippen LogP contribution in [0.3, 0.4) is 0 Å². The lowest BCUT2D eigenvalue weighted by molar-refractivity contribution is 0.888. The number of allylic oxidation sites excluding steroid dienone is 1. The summed E-state index contributed by atoms with van der Waals surface area (Å²) in [5, 5.41) is 5.90. The van der Waals surface area contributed by atoms with Gasteiger partial charge in [-0.05, 0) is 163 Å². The molecule has 0 amide bonds. The molecule has 3 nitrogen and oxygen atoms in total. The van der Waals surface area contributed by atoms with Crippen molar-refractivity contribution in [3.05, 3.63) is 190 Å². The summed E-state index contributed by atoms with van der Waals surface area (Å²) in [6.07, 6.45) is 8.68. The maximum Gasteiger partial charge on any atom is 0.0979 e. The summed E-state index contributed by atoms with van der Waals surface area (Å²) < 4.78 is 2.45. The number of hydrogen-bond donors (Lipinski definition) is 0. The molecule has 294 valence electrons. The molecule has 0 fully saturated rings. The van der Waals surface area contributed by atoms with Crippen LogP contribution in [-0.4, -0.2) is 14.5 Å². The fourth-order valence-electron chi connectivity index (χ4n) is 10.6. The Morgan fingerprint density at radius 3 is 1.70 bits per heavy atom. The SMILES string of the molecule is Cc1cc(C)c(-c2ccc3c(c2)c2cc(-c4c(C)cc(C)cc4C)ccc2c2nc(-c4cccc(-c5ccc6c(c5)c5c(n6-c6ccccc6)CCC=C5)c4)cnc32)c(C)c1. The summed E-state index contributed by atoms with van der Waals surface area (Å²) in [4.78, 5) is 10.7. The monoisotopic (exact) mass is 785 g/mol. The lowest BCUT2D eigenvalue weighted by Gasteiger charge is -2.17. The molecule has 8 aromatic carbocycles. The largest absolute Gasteiger partial charge is 0.313 e. The van der Waals surface area contributed by atoms with Crippen LogP contribution in [0.15, 0.2) is 146 Å². The molecule has 0 spiro atoms. The number of aryl methyl sites for hydroxylation is 6. The zero-order chi connectivity index (χ0) is 41.5. The standard InChI is InChI=1S/C58H47N3/c1-34-25-36(3)55(37(4)26-34)43-19-22-47-49(31-43)50-32-44(56-38(5)27-35(2)28-39(56)6)20-23-48(50)58-57(47)59-33-52(60-58)42-14-12-13-40(29-42)41-21-24-54-51(30-41)46-17-10-11-18-53(46)61(54)45-15-8-7-9-16-45/h7-10,12-17,19-33H,11,18H2,1-6H3. The summed E-state index contributed by atoms with van der Waals surface area (Å²) in [5.41, 5.74) is 24.1. The van der Waals surface area contributed by atoms with Gasteiger partial charge in [-0.3, -0.25) is 4.98 Å². The second kappa shape index (κ2) is 14.3. The van der Waals surface area contributed by atoms with E-state index in [9.17, 15) is 0 Å². The van der Waals surface area contributed by atoms with Crippen molar-refractivity contribution in [2.24, 2.45) is 0 Å². The first-order chi connectivity index (χ1) is 29.7. The van der Waals surface area contributed by atoms with Gasteiger partial charge in [0.1, 0.15) is 0 Å². The lowest BCUT2D eigenvalue weighted by atomic mass is 9.88. The normalized spacial score (nSPS) is 12.6. The third kappa shape index (κ3) is 6.10. The quantitative estimate of drug-likeness (QED) is 0.163.